The maximum atomic E-state index is 11.3. The first-order valence-electron chi connectivity index (χ1n) is 6.89. The van der Waals surface area contributed by atoms with Gasteiger partial charge in [-0.2, -0.15) is 0 Å². The lowest BCUT2D eigenvalue weighted by molar-refractivity contribution is -0.155. The van der Waals surface area contributed by atoms with Crippen LogP contribution in [0, 0.1) is 10.8 Å². The minimum Gasteiger partial charge on any atom is -0.481 e. The molecular weight excluding hydrogens is 214 g/mol. The van der Waals surface area contributed by atoms with Crippen molar-refractivity contribution in [3.05, 3.63) is 0 Å². The lowest BCUT2D eigenvalue weighted by atomic mass is 9.66. The summed E-state index contributed by atoms with van der Waals surface area (Å²) in [4.78, 5) is 13.7. The first-order valence-corrected chi connectivity index (χ1v) is 6.89. The third-order valence-corrected chi connectivity index (χ3v) is 4.88. The smallest absolute Gasteiger partial charge is 0.309 e. The molecule has 0 radical (unpaired) electrons. The van der Waals surface area contributed by atoms with E-state index in [0.29, 0.717) is 5.41 Å². The summed E-state index contributed by atoms with van der Waals surface area (Å²) in [5.74, 6) is -0.568. The molecule has 1 heterocycles. The quantitative estimate of drug-likeness (QED) is 0.820. The number of carboxylic acids is 1. The SMILES string of the molecule is CC1(C)CCN(CCC2(C(=O)O)CCC2)CC1. The minimum atomic E-state index is -0.568. The fourth-order valence-electron chi connectivity index (χ4n) is 2.93. The van der Waals surface area contributed by atoms with Crippen LogP contribution in [0.5, 0.6) is 0 Å². The number of likely N-dealkylation sites (tertiary alicyclic amines) is 1. The Morgan fingerprint density at radius 1 is 1.18 bits per heavy atom. The van der Waals surface area contributed by atoms with Crippen LogP contribution in [-0.2, 0) is 4.79 Å². The van der Waals surface area contributed by atoms with Gasteiger partial charge in [0.15, 0.2) is 0 Å². The first kappa shape index (κ1) is 12.9. The minimum absolute atomic E-state index is 0.368. The average Bonchev–Trinajstić information content (AvgIpc) is 2.18. The molecule has 1 aliphatic heterocycles. The maximum absolute atomic E-state index is 11.3. The van der Waals surface area contributed by atoms with Crippen LogP contribution in [0.25, 0.3) is 0 Å². The third-order valence-electron chi connectivity index (χ3n) is 4.88. The largest absolute Gasteiger partial charge is 0.481 e. The Bertz CT molecular complexity index is 285. The van der Waals surface area contributed by atoms with Gasteiger partial charge in [0.2, 0.25) is 0 Å². The van der Waals surface area contributed by atoms with Gasteiger partial charge in [-0.1, -0.05) is 20.3 Å². The molecule has 2 aliphatic rings. The molecule has 0 aromatic carbocycles. The van der Waals surface area contributed by atoms with E-state index in [2.05, 4.69) is 18.7 Å². The summed E-state index contributed by atoms with van der Waals surface area (Å²) < 4.78 is 0. The van der Waals surface area contributed by atoms with Crippen molar-refractivity contribution in [2.75, 3.05) is 19.6 Å². The monoisotopic (exact) mass is 239 g/mol. The van der Waals surface area contributed by atoms with Crippen LogP contribution < -0.4 is 0 Å². The summed E-state index contributed by atoms with van der Waals surface area (Å²) in [6.07, 6.45) is 6.21. The third kappa shape index (κ3) is 2.82. The predicted molar refractivity (Wildman–Crippen MR) is 68.0 cm³/mol. The molecular formula is C14H25NO2. The molecule has 2 fully saturated rings. The first-order chi connectivity index (χ1) is 7.94. The number of rotatable bonds is 4. The van der Waals surface area contributed by atoms with Gasteiger partial charge in [0, 0.05) is 0 Å². The van der Waals surface area contributed by atoms with Crippen molar-refractivity contribution < 1.29 is 9.90 Å². The van der Waals surface area contributed by atoms with Crippen LogP contribution in [0.4, 0.5) is 0 Å². The number of carbonyl (C=O) groups is 1. The average molecular weight is 239 g/mol. The van der Waals surface area contributed by atoms with Crippen molar-refractivity contribution in [3.8, 4) is 0 Å². The molecule has 2 rings (SSSR count). The number of piperidine rings is 1. The van der Waals surface area contributed by atoms with Crippen LogP contribution in [0.1, 0.15) is 52.4 Å². The molecule has 0 amide bonds. The molecule has 0 bridgehead atoms. The van der Waals surface area contributed by atoms with E-state index < -0.39 is 5.97 Å². The molecule has 0 aromatic rings. The lowest BCUT2D eigenvalue weighted by Gasteiger charge is -2.41. The highest BCUT2D eigenvalue weighted by molar-refractivity contribution is 5.75. The van der Waals surface area contributed by atoms with Gasteiger partial charge in [0.1, 0.15) is 0 Å². The van der Waals surface area contributed by atoms with Gasteiger partial charge < -0.3 is 10.0 Å². The second-order valence-electron chi connectivity index (χ2n) is 6.69. The van der Waals surface area contributed by atoms with Crippen molar-refractivity contribution in [3.63, 3.8) is 0 Å². The summed E-state index contributed by atoms with van der Waals surface area (Å²) in [6, 6.07) is 0. The second kappa shape index (κ2) is 4.60. The predicted octanol–water partition coefficient (Wildman–Crippen LogP) is 2.75. The van der Waals surface area contributed by atoms with Crippen molar-refractivity contribution >= 4 is 5.97 Å². The van der Waals surface area contributed by atoms with Gasteiger partial charge in [-0.15, -0.1) is 0 Å². The second-order valence-corrected chi connectivity index (χ2v) is 6.69. The normalized spacial score (nSPS) is 27.4. The zero-order chi connectivity index (χ0) is 12.5. The maximum Gasteiger partial charge on any atom is 0.309 e. The molecule has 0 unspecified atom stereocenters. The fraction of sp³-hybridized carbons (Fsp3) is 0.929. The fourth-order valence-corrected chi connectivity index (χ4v) is 2.93. The van der Waals surface area contributed by atoms with E-state index in [9.17, 15) is 9.90 Å². The zero-order valence-corrected chi connectivity index (χ0v) is 11.2. The van der Waals surface area contributed by atoms with Gasteiger partial charge in [-0.3, -0.25) is 4.79 Å². The molecule has 1 N–H and O–H groups in total. The van der Waals surface area contributed by atoms with Crippen molar-refractivity contribution in [1.29, 1.82) is 0 Å². The van der Waals surface area contributed by atoms with Crippen molar-refractivity contribution in [1.82, 2.24) is 4.90 Å². The highest BCUT2D eigenvalue weighted by Crippen LogP contribution is 2.44. The van der Waals surface area contributed by atoms with E-state index in [0.717, 1.165) is 45.3 Å². The van der Waals surface area contributed by atoms with Crippen LogP contribution in [0.3, 0.4) is 0 Å². The number of carboxylic acid groups (broad SMARTS) is 1. The number of hydrogen-bond acceptors (Lipinski definition) is 2. The Kier molecular flexibility index (Phi) is 3.48. The summed E-state index contributed by atoms with van der Waals surface area (Å²) in [5, 5.41) is 9.28. The Morgan fingerprint density at radius 3 is 2.18 bits per heavy atom. The number of nitrogens with zero attached hydrogens (tertiary/aromatic N) is 1. The molecule has 1 saturated carbocycles. The Balaban J connectivity index is 1.77. The molecule has 3 nitrogen and oxygen atoms in total. The van der Waals surface area contributed by atoms with Gasteiger partial charge >= 0.3 is 5.97 Å². The Labute approximate surface area is 104 Å². The van der Waals surface area contributed by atoms with Crippen LogP contribution in [0.15, 0.2) is 0 Å². The van der Waals surface area contributed by atoms with Crippen molar-refractivity contribution in [2.24, 2.45) is 10.8 Å². The summed E-state index contributed by atoms with van der Waals surface area (Å²) >= 11 is 0. The highest BCUT2D eigenvalue weighted by atomic mass is 16.4. The zero-order valence-electron chi connectivity index (χ0n) is 11.2. The molecule has 1 saturated heterocycles. The molecule has 0 aromatic heterocycles. The molecule has 0 atom stereocenters. The standard InChI is InChI=1S/C14H25NO2/c1-13(2)6-9-15(10-7-13)11-8-14(12(16)17)4-3-5-14/h3-11H2,1-2H3,(H,16,17). The molecule has 1 aliphatic carbocycles. The molecule has 98 valence electrons. The van der Waals surface area contributed by atoms with E-state index in [-0.39, 0.29) is 5.41 Å². The summed E-state index contributed by atoms with van der Waals surface area (Å²) in [5.41, 5.74) is 0.115. The molecule has 0 spiro atoms. The lowest BCUT2D eigenvalue weighted by Crippen LogP contribution is -2.43. The van der Waals surface area contributed by atoms with E-state index in [1.54, 1.807) is 0 Å². The van der Waals surface area contributed by atoms with E-state index in [1.807, 2.05) is 0 Å². The number of aliphatic carboxylic acids is 1. The van der Waals surface area contributed by atoms with Crippen LogP contribution >= 0.6 is 0 Å². The van der Waals surface area contributed by atoms with Gasteiger partial charge in [0.05, 0.1) is 5.41 Å². The Hall–Kier alpha value is -0.570. The van der Waals surface area contributed by atoms with Gasteiger partial charge in [-0.05, 0) is 57.2 Å². The summed E-state index contributed by atoms with van der Waals surface area (Å²) in [7, 11) is 0. The van der Waals surface area contributed by atoms with E-state index >= 15 is 0 Å². The Morgan fingerprint density at radius 2 is 1.76 bits per heavy atom. The number of hydrogen-bond donors (Lipinski definition) is 1. The topological polar surface area (TPSA) is 40.5 Å². The van der Waals surface area contributed by atoms with Crippen LogP contribution in [-0.4, -0.2) is 35.6 Å². The highest BCUT2D eigenvalue weighted by Gasteiger charge is 2.44. The molecule has 3 heteroatoms. The van der Waals surface area contributed by atoms with Gasteiger partial charge in [-0.25, -0.2) is 0 Å². The van der Waals surface area contributed by atoms with E-state index in [1.165, 1.54) is 12.8 Å². The van der Waals surface area contributed by atoms with Gasteiger partial charge in [0.25, 0.3) is 0 Å². The van der Waals surface area contributed by atoms with E-state index in [4.69, 9.17) is 0 Å². The summed E-state index contributed by atoms with van der Waals surface area (Å²) in [6.45, 7) is 7.91. The van der Waals surface area contributed by atoms with Crippen LogP contribution in [0.2, 0.25) is 0 Å². The van der Waals surface area contributed by atoms with Crippen molar-refractivity contribution in [2.45, 2.75) is 52.4 Å². The molecule has 17 heavy (non-hydrogen) atoms.